The second kappa shape index (κ2) is 4.07. The summed E-state index contributed by atoms with van der Waals surface area (Å²) in [6.45, 7) is 0. The normalized spacial score (nSPS) is 29.6. The predicted octanol–water partition coefficient (Wildman–Crippen LogP) is 1.71. The van der Waals surface area contributed by atoms with Crippen molar-refractivity contribution in [2.75, 3.05) is 11.5 Å². The number of rotatable bonds is 3. The summed E-state index contributed by atoms with van der Waals surface area (Å²) in [5.74, 6) is -0.809. The van der Waals surface area contributed by atoms with Crippen LogP contribution in [0.25, 0.3) is 0 Å². The zero-order chi connectivity index (χ0) is 9.14. The zero-order valence-electron chi connectivity index (χ0n) is 6.37. The molecule has 0 bridgehead atoms. The van der Waals surface area contributed by atoms with E-state index in [0.717, 1.165) is 0 Å². The lowest BCUT2D eigenvalue weighted by Gasteiger charge is -2.13. The van der Waals surface area contributed by atoms with E-state index in [1.165, 1.54) is 11.8 Å². The lowest BCUT2D eigenvalue weighted by atomic mass is 9.93. The summed E-state index contributed by atoms with van der Waals surface area (Å²) in [6, 6.07) is 0. The van der Waals surface area contributed by atoms with Crippen molar-refractivity contribution < 1.29 is 18.7 Å². The summed E-state index contributed by atoms with van der Waals surface area (Å²) in [6.07, 6.45) is -2.65. The van der Waals surface area contributed by atoms with Gasteiger partial charge in [0, 0.05) is 12.2 Å². The van der Waals surface area contributed by atoms with Gasteiger partial charge in [-0.2, -0.15) is 11.8 Å². The molecule has 1 heterocycles. The summed E-state index contributed by atoms with van der Waals surface area (Å²) in [7, 11) is 0. The monoisotopic (exact) mass is 196 g/mol. The quantitative estimate of drug-likeness (QED) is 0.746. The van der Waals surface area contributed by atoms with Crippen LogP contribution in [0.3, 0.4) is 0 Å². The minimum atomic E-state index is -2.38. The molecule has 1 aliphatic heterocycles. The molecule has 0 aromatic heterocycles. The number of aliphatic carboxylic acids is 1. The molecule has 5 heteroatoms. The summed E-state index contributed by atoms with van der Waals surface area (Å²) >= 11 is 1.45. The Morgan fingerprint density at radius 2 is 2.25 bits per heavy atom. The molecule has 0 spiro atoms. The van der Waals surface area contributed by atoms with Gasteiger partial charge in [0.1, 0.15) is 0 Å². The van der Waals surface area contributed by atoms with Crippen LogP contribution < -0.4 is 0 Å². The number of carbonyl (C=O) groups is 1. The van der Waals surface area contributed by atoms with Crippen molar-refractivity contribution in [3.63, 3.8) is 0 Å². The average molecular weight is 196 g/mol. The van der Waals surface area contributed by atoms with E-state index in [2.05, 4.69) is 0 Å². The molecule has 70 valence electrons. The van der Waals surface area contributed by atoms with Gasteiger partial charge in [-0.1, -0.05) is 0 Å². The van der Waals surface area contributed by atoms with Crippen molar-refractivity contribution in [1.29, 1.82) is 0 Å². The summed E-state index contributed by atoms with van der Waals surface area (Å²) in [5.41, 5.74) is 0. The standard InChI is InChI=1S/C7H10F2O2S/c8-6(9)1-4-2-12-3-5(4)7(10)11/h4-6H,1-3H2,(H,10,11). The molecule has 0 aromatic rings. The molecule has 1 fully saturated rings. The smallest absolute Gasteiger partial charge is 0.307 e. The van der Waals surface area contributed by atoms with Crippen LogP contribution in [0.2, 0.25) is 0 Å². The summed E-state index contributed by atoms with van der Waals surface area (Å²) < 4.78 is 23.8. The average Bonchev–Trinajstić information content (AvgIpc) is 2.33. The van der Waals surface area contributed by atoms with E-state index in [-0.39, 0.29) is 12.3 Å². The highest BCUT2D eigenvalue weighted by atomic mass is 32.2. The molecule has 0 aromatic carbocycles. The van der Waals surface area contributed by atoms with Crippen molar-refractivity contribution >= 4 is 17.7 Å². The van der Waals surface area contributed by atoms with E-state index < -0.39 is 18.3 Å². The van der Waals surface area contributed by atoms with Gasteiger partial charge in [0.15, 0.2) is 0 Å². The molecule has 1 rings (SSSR count). The van der Waals surface area contributed by atoms with E-state index in [4.69, 9.17) is 5.11 Å². The second-order valence-electron chi connectivity index (χ2n) is 2.87. The fourth-order valence-corrected chi connectivity index (χ4v) is 2.81. The molecule has 0 amide bonds. The van der Waals surface area contributed by atoms with Gasteiger partial charge in [0.05, 0.1) is 5.92 Å². The number of halogens is 2. The van der Waals surface area contributed by atoms with E-state index in [0.29, 0.717) is 11.5 Å². The van der Waals surface area contributed by atoms with Gasteiger partial charge in [0.2, 0.25) is 6.43 Å². The highest BCUT2D eigenvalue weighted by Crippen LogP contribution is 2.33. The van der Waals surface area contributed by atoms with Crippen LogP contribution in [0.15, 0.2) is 0 Å². The molecule has 0 aliphatic carbocycles. The third-order valence-electron chi connectivity index (χ3n) is 2.00. The van der Waals surface area contributed by atoms with E-state index in [9.17, 15) is 13.6 Å². The minimum absolute atomic E-state index is 0.274. The fourth-order valence-electron chi connectivity index (χ4n) is 1.33. The van der Waals surface area contributed by atoms with Crippen LogP contribution in [0.5, 0.6) is 0 Å². The van der Waals surface area contributed by atoms with Gasteiger partial charge in [0.25, 0.3) is 0 Å². The van der Waals surface area contributed by atoms with Crippen molar-refractivity contribution in [2.45, 2.75) is 12.8 Å². The first-order chi connectivity index (χ1) is 5.61. The number of hydrogen-bond donors (Lipinski definition) is 1. The van der Waals surface area contributed by atoms with Crippen LogP contribution in [0.4, 0.5) is 8.78 Å². The molecular formula is C7H10F2O2S. The van der Waals surface area contributed by atoms with Crippen molar-refractivity contribution in [1.82, 2.24) is 0 Å². The highest BCUT2D eigenvalue weighted by molar-refractivity contribution is 7.99. The lowest BCUT2D eigenvalue weighted by molar-refractivity contribution is -0.142. The van der Waals surface area contributed by atoms with Gasteiger partial charge in [-0.05, 0) is 11.7 Å². The molecule has 2 atom stereocenters. The molecule has 1 N–H and O–H groups in total. The first kappa shape index (κ1) is 9.77. The number of hydrogen-bond acceptors (Lipinski definition) is 2. The SMILES string of the molecule is O=C(O)C1CSCC1CC(F)F. The Morgan fingerprint density at radius 1 is 1.58 bits per heavy atom. The summed E-state index contributed by atoms with van der Waals surface area (Å²) in [5, 5.41) is 8.64. The number of carboxylic acid groups (broad SMARTS) is 1. The van der Waals surface area contributed by atoms with Gasteiger partial charge < -0.3 is 5.11 Å². The van der Waals surface area contributed by atoms with Gasteiger partial charge in [-0.25, -0.2) is 8.78 Å². The van der Waals surface area contributed by atoms with Crippen LogP contribution >= 0.6 is 11.8 Å². The van der Waals surface area contributed by atoms with Crippen molar-refractivity contribution in [2.24, 2.45) is 11.8 Å². The van der Waals surface area contributed by atoms with Crippen LogP contribution in [0.1, 0.15) is 6.42 Å². The molecule has 1 aliphatic rings. The number of alkyl halides is 2. The van der Waals surface area contributed by atoms with E-state index in [1.807, 2.05) is 0 Å². The van der Waals surface area contributed by atoms with Crippen molar-refractivity contribution in [3.05, 3.63) is 0 Å². The van der Waals surface area contributed by atoms with E-state index >= 15 is 0 Å². The maximum absolute atomic E-state index is 11.9. The van der Waals surface area contributed by atoms with Gasteiger partial charge in [-0.3, -0.25) is 4.79 Å². The lowest BCUT2D eigenvalue weighted by Crippen LogP contribution is -2.23. The fraction of sp³-hybridized carbons (Fsp3) is 0.857. The first-order valence-electron chi connectivity index (χ1n) is 3.70. The van der Waals surface area contributed by atoms with Crippen LogP contribution in [-0.4, -0.2) is 29.0 Å². The topological polar surface area (TPSA) is 37.3 Å². The highest BCUT2D eigenvalue weighted by Gasteiger charge is 2.34. The minimum Gasteiger partial charge on any atom is -0.481 e. The molecular weight excluding hydrogens is 186 g/mol. The largest absolute Gasteiger partial charge is 0.481 e. The Kier molecular flexibility index (Phi) is 3.31. The van der Waals surface area contributed by atoms with Crippen LogP contribution in [0, 0.1) is 11.8 Å². The summed E-state index contributed by atoms with van der Waals surface area (Å²) in [4.78, 5) is 10.5. The molecule has 2 unspecified atom stereocenters. The van der Waals surface area contributed by atoms with Crippen LogP contribution in [-0.2, 0) is 4.79 Å². The Hall–Kier alpha value is -0.320. The molecule has 12 heavy (non-hydrogen) atoms. The van der Waals surface area contributed by atoms with E-state index in [1.54, 1.807) is 0 Å². The molecule has 1 saturated heterocycles. The zero-order valence-corrected chi connectivity index (χ0v) is 7.19. The predicted molar refractivity (Wildman–Crippen MR) is 42.6 cm³/mol. The third kappa shape index (κ3) is 2.33. The molecule has 0 saturated carbocycles. The Labute approximate surface area is 73.3 Å². The number of thioether (sulfide) groups is 1. The third-order valence-corrected chi connectivity index (χ3v) is 3.26. The van der Waals surface area contributed by atoms with Gasteiger partial charge >= 0.3 is 5.97 Å². The van der Waals surface area contributed by atoms with Gasteiger partial charge in [-0.15, -0.1) is 0 Å². The Bertz CT molecular complexity index is 175. The first-order valence-corrected chi connectivity index (χ1v) is 4.85. The van der Waals surface area contributed by atoms with Crippen molar-refractivity contribution in [3.8, 4) is 0 Å². The second-order valence-corrected chi connectivity index (χ2v) is 3.94. The molecule has 0 radical (unpaired) electrons. The Morgan fingerprint density at radius 3 is 2.75 bits per heavy atom. The maximum atomic E-state index is 11.9. The Balaban J connectivity index is 2.46. The molecule has 2 nitrogen and oxygen atoms in total. The maximum Gasteiger partial charge on any atom is 0.307 e. The number of carboxylic acids is 1.